The fraction of sp³-hybridized carbons (Fsp3) is 0.812. The van der Waals surface area contributed by atoms with Crippen molar-refractivity contribution in [3.63, 3.8) is 0 Å². The molecular weight excluding hydrogens is 316 g/mol. The molecule has 0 spiro atoms. The first-order valence-corrected chi connectivity index (χ1v) is 7.87. The number of nitrogens with zero attached hydrogens (tertiary/aromatic N) is 1. The molecule has 138 valence electrons. The Morgan fingerprint density at radius 1 is 0.958 bits per heavy atom. The quantitative estimate of drug-likeness (QED) is 0.607. The summed E-state index contributed by atoms with van der Waals surface area (Å²) in [5, 5.41) is 2.64. The van der Waals surface area contributed by atoms with Gasteiger partial charge in [-0.3, -0.25) is 4.79 Å². The van der Waals surface area contributed by atoms with Crippen LogP contribution in [0.3, 0.4) is 0 Å². The number of likely N-dealkylation sites (tertiary alicyclic amines) is 1. The molecule has 24 heavy (non-hydrogen) atoms. The van der Waals surface area contributed by atoms with Gasteiger partial charge >= 0.3 is 18.2 Å². The van der Waals surface area contributed by atoms with E-state index in [1.165, 1.54) is 12.0 Å². The molecule has 1 heterocycles. The first-order chi connectivity index (χ1) is 10.8. The summed E-state index contributed by atoms with van der Waals surface area (Å²) in [6.07, 6.45) is -1.18. The molecule has 8 heteroatoms. The molecule has 2 amide bonds. The van der Waals surface area contributed by atoms with Gasteiger partial charge in [-0.05, 0) is 41.5 Å². The van der Waals surface area contributed by atoms with Gasteiger partial charge in [0.1, 0.15) is 11.2 Å². The lowest BCUT2D eigenvalue weighted by Crippen LogP contribution is -2.45. The standard InChI is InChI=1S/C16H28N2O6/c1-15(2,3)23-13(20)17-11-9-18(8-10(11)12(19)22-7)14(21)24-16(4,5)6/h10-11H,8-9H2,1-7H3,(H,17,20)/t10-,11-/m0/s1. The molecular formula is C16H28N2O6. The average Bonchev–Trinajstić information content (AvgIpc) is 2.77. The maximum absolute atomic E-state index is 12.2. The molecule has 0 aliphatic carbocycles. The topological polar surface area (TPSA) is 94.2 Å². The second-order valence-corrected chi connectivity index (χ2v) is 7.77. The third kappa shape index (κ3) is 6.25. The third-order valence-corrected chi connectivity index (χ3v) is 3.18. The SMILES string of the molecule is COC(=O)[C@H]1CN(C(=O)OC(C)(C)C)C[C@@H]1NC(=O)OC(C)(C)C. The van der Waals surface area contributed by atoms with E-state index in [0.29, 0.717) is 0 Å². The summed E-state index contributed by atoms with van der Waals surface area (Å²) in [5.41, 5.74) is -1.30. The summed E-state index contributed by atoms with van der Waals surface area (Å²) in [5.74, 6) is -1.17. The van der Waals surface area contributed by atoms with Crippen molar-refractivity contribution in [2.45, 2.75) is 58.8 Å². The van der Waals surface area contributed by atoms with Crippen molar-refractivity contribution in [2.24, 2.45) is 5.92 Å². The Labute approximate surface area is 142 Å². The maximum Gasteiger partial charge on any atom is 0.410 e. The van der Waals surface area contributed by atoms with Crippen LogP contribution in [0.25, 0.3) is 0 Å². The third-order valence-electron chi connectivity index (χ3n) is 3.18. The highest BCUT2D eigenvalue weighted by Gasteiger charge is 2.43. The normalized spacial score (nSPS) is 21.2. The zero-order valence-electron chi connectivity index (χ0n) is 15.5. The lowest BCUT2D eigenvalue weighted by atomic mass is 10.0. The smallest absolute Gasteiger partial charge is 0.410 e. The zero-order valence-corrected chi connectivity index (χ0v) is 15.5. The predicted molar refractivity (Wildman–Crippen MR) is 86.5 cm³/mol. The number of alkyl carbamates (subject to hydrolysis) is 1. The van der Waals surface area contributed by atoms with E-state index in [-0.39, 0.29) is 13.1 Å². The highest BCUT2D eigenvalue weighted by atomic mass is 16.6. The Bertz CT molecular complexity index is 492. The Morgan fingerprint density at radius 2 is 1.50 bits per heavy atom. The summed E-state index contributed by atoms with van der Waals surface area (Å²) in [7, 11) is 1.27. The van der Waals surface area contributed by atoms with E-state index < -0.39 is 41.3 Å². The minimum Gasteiger partial charge on any atom is -0.469 e. The number of carbonyl (C=O) groups excluding carboxylic acids is 3. The largest absolute Gasteiger partial charge is 0.469 e. The van der Waals surface area contributed by atoms with Crippen molar-refractivity contribution >= 4 is 18.2 Å². The number of esters is 1. The molecule has 1 rings (SSSR count). The molecule has 8 nitrogen and oxygen atoms in total. The molecule has 0 saturated carbocycles. The number of hydrogen-bond donors (Lipinski definition) is 1. The number of carbonyl (C=O) groups is 3. The number of methoxy groups -OCH3 is 1. The first kappa shape index (κ1) is 20.1. The van der Waals surface area contributed by atoms with Crippen molar-refractivity contribution in [3.05, 3.63) is 0 Å². The van der Waals surface area contributed by atoms with Gasteiger partial charge in [0.05, 0.1) is 19.1 Å². The molecule has 2 atom stereocenters. The Hall–Kier alpha value is -1.99. The fourth-order valence-corrected chi connectivity index (χ4v) is 2.27. The summed E-state index contributed by atoms with van der Waals surface area (Å²) < 4.78 is 15.3. The van der Waals surface area contributed by atoms with Gasteiger partial charge in [-0.1, -0.05) is 0 Å². The van der Waals surface area contributed by atoms with E-state index in [9.17, 15) is 14.4 Å². The van der Waals surface area contributed by atoms with Gasteiger partial charge in [-0.25, -0.2) is 9.59 Å². The van der Waals surface area contributed by atoms with E-state index in [1.54, 1.807) is 41.5 Å². The summed E-state index contributed by atoms with van der Waals surface area (Å²) >= 11 is 0. The van der Waals surface area contributed by atoms with Crippen molar-refractivity contribution in [1.82, 2.24) is 10.2 Å². The molecule has 1 fully saturated rings. The Morgan fingerprint density at radius 3 is 1.96 bits per heavy atom. The van der Waals surface area contributed by atoms with Crippen LogP contribution in [0.4, 0.5) is 9.59 Å². The molecule has 0 radical (unpaired) electrons. The van der Waals surface area contributed by atoms with E-state index >= 15 is 0 Å². The van der Waals surface area contributed by atoms with Crippen molar-refractivity contribution in [3.8, 4) is 0 Å². The van der Waals surface area contributed by atoms with Gasteiger partial charge < -0.3 is 24.4 Å². The maximum atomic E-state index is 12.2. The van der Waals surface area contributed by atoms with Gasteiger partial charge in [-0.15, -0.1) is 0 Å². The monoisotopic (exact) mass is 344 g/mol. The molecule has 0 bridgehead atoms. The summed E-state index contributed by atoms with van der Waals surface area (Å²) in [6.45, 7) is 10.8. The zero-order chi connectivity index (χ0) is 18.7. The molecule has 0 unspecified atom stereocenters. The summed E-state index contributed by atoms with van der Waals surface area (Å²) in [4.78, 5) is 37.5. The Balaban J connectivity index is 2.79. The van der Waals surface area contributed by atoms with E-state index in [2.05, 4.69) is 5.32 Å². The highest BCUT2D eigenvalue weighted by molar-refractivity contribution is 5.78. The van der Waals surface area contributed by atoms with Crippen molar-refractivity contribution in [1.29, 1.82) is 0 Å². The molecule has 0 aromatic rings. The van der Waals surface area contributed by atoms with Crippen LogP contribution in [0.5, 0.6) is 0 Å². The minimum atomic E-state index is -0.671. The van der Waals surface area contributed by atoms with Gasteiger partial charge in [0, 0.05) is 13.1 Å². The molecule has 1 aliphatic rings. The van der Waals surface area contributed by atoms with E-state index in [1.807, 2.05) is 0 Å². The van der Waals surface area contributed by atoms with Gasteiger partial charge in [0.15, 0.2) is 0 Å². The fourth-order valence-electron chi connectivity index (χ4n) is 2.27. The van der Waals surface area contributed by atoms with Crippen LogP contribution in [-0.2, 0) is 19.0 Å². The van der Waals surface area contributed by atoms with Crippen LogP contribution in [0.15, 0.2) is 0 Å². The Kier molecular flexibility index (Phi) is 6.08. The minimum absolute atomic E-state index is 0.113. The van der Waals surface area contributed by atoms with Crippen LogP contribution in [0.1, 0.15) is 41.5 Å². The second kappa shape index (κ2) is 7.27. The molecule has 0 aromatic heterocycles. The van der Waals surface area contributed by atoms with Crippen LogP contribution in [-0.4, -0.2) is 60.5 Å². The number of amides is 2. The van der Waals surface area contributed by atoms with Crippen LogP contribution < -0.4 is 5.32 Å². The number of hydrogen-bond acceptors (Lipinski definition) is 6. The molecule has 0 aromatic carbocycles. The highest BCUT2D eigenvalue weighted by Crippen LogP contribution is 2.22. The lowest BCUT2D eigenvalue weighted by Gasteiger charge is -2.24. The van der Waals surface area contributed by atoms with E-state index in [0.717, 1.165) is 0 Å². The van der Waals surface area contributed by atoms with Gasteiger partial charge in [-0.2, -0.15) is 0 Å². The molecule has 1 N–H and O–H groups in total. The van der Waals surface area contributed by atoms with Gasteiger partial charge in [0.2, 0.25) is 0 Å². The lowest BCUT2D eigenvalue weighted by molar-refractivity contribution is -0.145. The van der Waals surface area contributed by atoms with Gasteiger partial charge in [0.25, 0.3) is 0 Å². The molecule has 1 saturated heterocycles. The van der Waals surface area contributed by atoms with Crippen molar-refractivity contribution in [2.75, 3.05) is 20.2 Å². The second-order valence-electron chi connectivity index (χ2n) is 7.77. The number of ether oxygens (including phenoxy) is 3. The first-order valence-electron chi connectivity index (χ1n) is 7.87. The molecule has 1 aliphatic heterocycles. The van der Waals surface area contributed by atoms with Crippen LogP contribution in [0, 0.1) is 5.92 Å². The van der Waals surface area contributed by atoms with E-state index in [4.69, 9.17) is 14.2 Å². The predicted octanol–water partition coefficient (Wildman–Crippen LogP) is 1.92. The van der Waals surface area contributed by atoms with Crippen LogP contribution >= 0.6 is 0 Å². The number of nitrogens with one attached hydrogen (secondary N) is 1. The van der Waals surface area contributed by atoms with Crippen molar-refractivity contribution < 1.29 is 28.6 Å². The summed E-state index contributed by atoms with van der Waals surface area (Å²) in [6, 6.07) is -0.597. The average molecular weight is 344 g/mol. The number of rotatable bonds is 2. The van der Waals surface area contributed by atoms with Crippen LogP contribution in [0.2, 0.25) is 0 Å².